The molecule has 0 saturated heterocycles. The van der Waals surface area contributed by atoms with Gasteiger partial charge < -0.3 is 11.1 Å². The molecule has 0 bridgehead atoms. The Bertz CT molecular complexity index is 504. The van der Waals surface area contributed by atoms with Gasteiger partial charge in [-0.15, -0.1) is 0 Å². The van der Waals surface area contributed by atoms with E-state index in [2.05, 4.69) is 20.4 Å². The highest BCUT2D eigenvalue weighted by Gasteiger charge is 2.02. The molecule has 0 aliphatic heterocycles. The summed E-state index contributed by atoms with van der Waals surface area (Å²) in [6.07, 6.45) is 2.44. The van der Waals surface area contributed by atoms with Crippen LogP contribution in [0.15, 0.2) is 18.5 Å². The van der Waals surface area contributed by atoms with Gasteiger partial charge in [0.05, 0.1) is 5.69 Å². The maximum Gasteiger partial charge on any atom is 0.152 e. The molecule has 0 aromatic carbocycles. The van der Waals surface area contributed by atoms with Gasteiger partial charge in [0, 0.05) is 25.7 Å². The summed E-state index contributed by atoms with van der Waals surface area (Å²) in [6.45, 7) is 2.65. The lowest BCUT2D eigenvalue weighted by molar-refractivity contribution is 0.742. The van der Waals surface area contributed by atoms with E-state index in [4.69, 9.17) is 5.73 Å². The Morgan fingerprint density at radius 2 is 2.24 bits per heavy atom. The minimum atomic E-state index is 0.657. The number of hydrogen-bond acceptors (Lipinski definition) is 5. The zero-order valence-electron chi connectivity index (χ0n) is 10.0. The molecule has 6 heteroatoms. The lowest BCUT2D eigenvalue weighted by Gasteiger charge is -2.07. The van der Waals surface area contributed by atoms with Gasteiger partial charge in [-0.3, -0.25) is 4.68 Å². The standard InChI is InChI=1S/C11H16N6/c1-8-3-4-9(12)11(15-8)13-6-5-10-14-7-17(2)16-10/h3-4,7H,5-6,12H2,1-2H3,(H,13,15). The Labute approximate surface area is 99.9 Å². The third kappa shape index (κ3) is 2.93. The summed E-state index contributed by atoms with van der Waals surface area (Å²) in [5, 5.41) is 7.38. The molecule has 0 radical (unpaired) electrons. The normalized spacial score (nSPS) is 10.5. The fraction of sp³-hybridized carbons (Fsp3) is 0.364. The van der Waals surface area contributed by atoms with Gasteiger partial charge in [0.15, 0.2) is 5.82 Å². The average molecular weight is 232 g/mol. The van der Waals surface area contributed by atoms with Crippen molar-refractivity contribution in [1.82, 2.24) is 19.7 Å². The fourth-order valence-electron chi connectivity index (χ4n) is 1.50. The molecule has 2 aromatic rings. The van der Waals surface area contributed by atoms with Crippen molar-refractivity contribution in [2.75, 3.05) is 17.6 Å². The monoisotopic (exact) mass is 232 g/mol. The van der Waals surface area contributed by atoms with Crippen LogP contribution in [0.2, 0.25) is 0 Å². The van der Waals surface area contributed by atoms with Crippen molar-refractivity contribution >= 4 is 11.5 Å². The molecule has 0 saturated carbocycles. The van der Waals surface area contributed by atoms with Gasteiger partial charge >= 0.3 is 0 Å². The number of aromatic nitrogens is 4. The van der Waals surface area contributed by atoms with Crippen LogP contribution in [0.25, 0.3) is 0 Å². The Balaban J connectivity index is 1.91. The van der Waals surface area contributed by atoms with Crippen molar-refractivity contribution < 1.29 is 0 Å². The Kier molecular flexibility index (Phi) is 3.22. The molecule has 0 unspecified atom stereocenters. The van der Waals surface area contributed by atoms with E-state index in [1.807, 2.05) is 26.1 Å². The predicted octanol–water partition coefficient (Wildman–Crippen LogP) is 0.755. The number of anilines is 2. The van der Waals surface area contributed by atoms with Gasteiger partial charge in [0.25, 0.3) is 0 Å². The molecule has 6 nitrogen and oxygen atoms in total. The summed E-state index contributed by atoms with van der Waals surface area (Å²) in [5.41, 5.74) is 7.41. The molecule has 0 spiro atoms. The van der Waals surface area contributed by atoms with Gasteiger partial charge in [-0.1, -0.05) is 0 Å². The van der Waals surface area contributed by atoms with Gasteiger partial charge in [-0.05, 0) is 19.1 Å². The molecule has 2 aromatic heterocycles. The highest BCUT2D eigenvalue weighted by molar-refractivity contribution is 5.61. The summed E-state index contributed by atoms with van der Waals surface area (Å²) < 4.78 is 1.69. The number of nitrogen functional groups attached to an aromatic ring is 1. The van der Waals surface area contributed by atoms with E-state index in [-0.39, 0.29) is 0 Å². The molecule has 2 heterocycles. The van der Waals surface area contributed by atoms with Crippen LogP contribution in [-0.4, -0.2) is 26.3 Å². The second-order valence-corrected chi connectivity index (χ2v) is 3.90. The summed E-state index contributed by atoms with van der Waals surface area (Å²) >= 11 is 0. The van der Waals surface area contributed by atoms with Crippen molar-refractivity contribution in [3.63, 3.8) is 0 Å². The van der Waals surface area contributed by atoms with Gasteiger partial charge in [-0.25, -0.2) is 9.97 Å². The largest absolute Gasteiger partial charge is 0.396 e. The van der Waals surface area contributed by atoms with Gasteiger partial charge in [0.1, 0.15) is 12.1 Å². The van der Waals surface area contributed by atoms with E-state index in [1.54, 1.807) is 11.0 Å². The molecule has 17 heavy (non-hydrogen) atoms. The van der Waals surface area contributed by atoms with Crippen LogP contribution in [0, 0.1) is 6.92 Å². The SMILES string of the molecule is Cc1ccc(N)c(NCCc2ncn(C)n2)n1. The molecule has 0 aliphatic rings. The molecular formula is C11H16N6. The van der Waals surface area contributed by atoms with Gasteiger partial charge in [0.2, 0.25) is 0 Å². The van der Waals surface area contributed by atoms with E-state index in [1.165, 1.54) is 0 Å². The number of hydrogen-bond donors (Lipinski definition) is 2. The number of rotatable bonds is 4. The first kappa shape index (κ1) is 11.4. The number of aryl methyl sites for hydroxylation is 2. The maximum atomic E-state index is 5.81. The summed E-state index contributed by atoms with van der Waals surface area (Å²) in [7, 11) is 1.85. The van der Waals surface area contributed by atoms with E-state index >= 15 is 0 Å². The molecule has 3 N–H and O–H groups in total. The van der Waals surface area contributed by atoms with E-state index in [0.717, 1.165) is 23.8 Å². The fourth-order valence-corrected chi connectivity index (χ4v) is 1.50. The first-order valence-corrected chi connectivity index (χ1v) is 5.46. The number of pyridine rings is 1. The Morgan fingerprint density at radius 3 is 2.94 bits per heavy atom. The van der Waals surface area contributed by atoms with E-state index < -0.39 is 0 Å². The minimum absolute atomic E-state index is 0.657. The molecule has 0 atom stereocenters. The van der Waals surface area contributed by atoms with Crippen molar-refractivity contribution in [2.24, 2.45) is 7.05 Å². The van der Waals surface area contributed by atoms with Gasteiger partial charge in [-0.2, -0.15) is 5.10 Å². The summed E-state index contributed by atoms with van der Waals surface area (Å²) in [6, 6.07) is 3.74. The first-order valence-electron chi connectivity index (χ1n) is 5.46. The lowest BCUT2D eigenvalue weighted by Crippen LogP contribution is -2.10. The third-order valence-electron chi connectivity index (χ3n) is 2.35. The molecule has 2 rings (SSSR count). The highest BCUT2D eigenvalue weighted by atomic mass is 15.3. The number of nitrogens with zero attached hydrogens (tertiary/aromatic N) is 4. The van der Waals surface area contributed by atoms with Crippen molar-refractivity contribution in [1.29, 1.82) is 0 Å². The zero-order chi connectivity index (χ0) is 12.3. The first-order chi connectivity index (χ1) is 8.15. The van der Waals surface area contributed by atoms with Crippen LogP contribution < -0.4 is 11.1 Å². The van der Waals surface area contributed by atoms with Crippen molar-refractivity contribution in [3.05, 3.63) is 30.0 Å². The summed E-state index contributed by atoms with van der Waals surface area (Å²) in [4.78, 5) is 8.47. The average Bonchev–Trinajstić information content (AvgIpc) is 2.69. The van der Waals surface area contributed by atoms with E-state index in [9.17, 15) is 0 Å². The Hall–Kier alpha value is -2.11. The molecule has 0 fully saturated rings. The van der Waals surface area contributed by atoms with Crippen molar-refractivity contribution in [3.8, 4) is 0 Å². The van der Waals surface area contributed by atoms with Crippen molar-refractivity contribution in [2.45, 2.75) is 13.3 Å². The van der Waals surface area contributed by atoms with Crippen LogP contribution >= 0.6 is 0 Å². The number of nitrogens with two attached hydrogens (primary N) is 1. The highest BCUT2D eigenvalue weighted by Crippen LogP contribution is 2.14. The van der Waals surface area contributed by atoms with E-state index in [0.29, 0.717) is 12.2 Å². The Morgan fingerprint density at radius 1 is 1.41 bits per heavy atom. The lowest BCUT2D eigenvalue weighted by atomic mass is 10.3. The van der Waals surface area contributed by atoms with Crippen LogP contribution in [0.1, 0.15) is 11.5 Å². The zero-order valence-corrected chi connectivity index (χ0v) is 10.0. The quantitative estimate of drug-likeness (QED) is 0.813. The predicted molar refractivity (Wildman–Crippen MR) is 66.6 cm³/mol. The minimum Gasteiger partial charge on any atom is -0.396 e. The van der Waals surface area contributed by atoms with Crippen LogP contribution in [0.3, 0.4) is 0 Å². The second kappa shape index (κ2) is 4.82. The summed E-state index contributed by atoms with van der Waals surface area (Å²) in [5.74, 6) is 1.53. The molecule has 90 valence electrons. The maximum absolute atomic E-state index is 5.81. The van der Waals surface area contributed by atoms with Crippen LogP contribution in [0.4, 0.5) is 11.5 Å². The molecular weight excluding hydrogens is 216 g/mol. The third-order valence-corrected chi connectivity index (χ3v) is 2.35. The smallest absolute Gasteiger partial charge is 0.152 e. The molecule has 0 amide bonds. The topological polar surface area (TPSA) is 81.6 Å². The molecule has 0 aliphatic carbocycles. The van der Waals surface area contributed by atoms with Crippen LogP contribution in [-0.2, 0) is 13.5 Å². The van der Waals surface area contributed by atoms with Crippen LogP contribution in [0.5, 0.6) is 0 Å². The number of nitrogens with one attached hydrogen (secondary N) is 1. The second-order valence-electron chi connectivity index (χ2n) is 3.90.